The molecule has 1 aliphatic rings. The molecule has 0 bridgehead atoms. The Balaban J connectivity index is 2.16. The van der Waals surface area contributed by atoms with Crippen LogP contribution in [0, 0.1) is 19.3 Å². The standard InChI is InChI=1S/C15H19NO3/c1-10-5-6-12(9-11(10)2)16-13(17)15(7-4-8-15)14(18)19-3/h5-6,9H,4,7-8H2,1-3H3,(H,16,17). The molecule has 1 aromatic carbocycles. The fourth-order valence-corrected chi connectivity index (χ4v) is 2.32. The van der Waals surface area contributed by atoms with E-state index in [2.05, 4.69) is 5.32 Å². The number of rotatable bonds is 3. The largest absolute Gasteiger partial charge is 0.468 e. The number of aryl methyl sites for hydroxylation is 2. The van der Waals surface area contributed by atoms with Gasteiger partial charge in [-0.25, -0.2) is 0 Å². The quantitative estimate of drug-likeness (QED) is 0.672. The first-order chi connectivity index (χ1) is 8.99. The molecule has 2 rings (SSSR count). The number of carbonyl (C=O) groups is 2. The van der Waals surface area contributed by atoms with E-state index in [-0.39, 0.29) is 5.91 Å². The van der Waals surface area contributed by atoms with E-state index in [1.54, 1.807) is 0 Å². The van der Waals surface area contributed by atoms with Gasteiger partial charge >= 0.3 is 5.97 Å². The molecular weight excluding hydrogens is 242 g/mol. The lowest BCUT2D eigenvalue weighted by atomic mass is 9.68. The molecule has 1 aliphatic carbocycles. The lowest BCUT2D eigenvalue weighted by Crippen LogP contribution is -2.48. The lowest BCUT2D eigenvalue weighted by molar-refractivity contribution is -0.163. The second kappa shape index (κ2) is 5.03. The van der Waals surface area contributed by atoms with Crippen molar-refractivity contribution in [1.29, 1.82) is 0 Å². The average molecular weight is 261 g/mol. The molecule has 1 N–H and O–H groups in total. The van der Waals surface area contributed by atoms with Crippen molar-refractivity contribution in [3.63, 3.8) is 0 Å². The maximum absolute atomic E-state index is 12.3. The summed E-state index contributed by atoms with van der Waals surface area (Å²) < 4.78 is 4.76. The van der Waals surface area contributed by atoms with Gasteiger partial charge in [-0.3, -0.25) is 9.59 Å². The van der Waals surface area contributed by atoms with Crippen LogP contribution in [0.25, 0.3) is 0 Å². The molecular formula is C15H19NO3. The summed E-state index contributed by atoms with van der Waals surface area (Å²) in [5, 5.41) is 2.83. The minimum atomic E-state index is -0.979. The summed E-state index contributed by atoms with van der Waals surface area (Å²) in [6.45, 7) is 4.01. The van der Waals surface area contributed by atoms with E-state index in [0.717, 1.165) is 17.7 Å². The molecule has 1 aromatic rings. The molecule has 4 nitrogen and oxygen atoms in total. The van der Waals surface area contributed by atoms with Crippen LogP contribution in [0.15, 0.2) is 18.2 Å². The van der Waals surface area contributed by atoms with E-state index in [4.69, 9.17) is 4.74 Å². The van der Waals surface area contributed by atoms with Crippen LogP contribution in [0.1, 0.15) is 30.4 Å². The monoisotopic (exact) mass is 261 g/mol. The molecule has 19 heavy (non-hydrogen) atoms. The van der Waals surface area contributed by atoms with Gasteiger partial charge in [0.05, 0.1) is 7.11 Å². The molecule has 0 unspecified atom stereocenters. The minimum absolute atomic E-state index is 0.256. The van der Waals surface area contributed by atoms with Crippen molar-refractivity contribution >= 4 is 17.6 Å². The van der Waals surface area contributed by atoms with Crippen LogP contribution in [0.3, 0.4) is 0 Å². The summed E-state index contributed by atoms with van der Waals surface area (Å²) in [4.78, 5) is 24.1. The summed E-state index contributed by atoms with van der Waals surface area (Å²) >= 11 is 0. The van der Waals surface area contributed by atoms with E-state index in [0.29, 0.717) is 12.8 Å². The maximum Gasteiger partial charge on any atom is 0.321 e. The van der Waals surface area contributed by atoms with E-state index >= 15 is 0 Å². The van der Waals surface area contributed by atoms with Crippen molar-refractivity contribution < 1.29 is 14.3 Å². The van der Waals surface area contributed by atoms with Crippen molar-refractivity contribution in [3.8, 4) is 0 Å². The highest BCUT2D eigenvalue weighted by atomic mass is 16.5. The third-order valence-electron chi connectivity index (χ3n) is 3.98. The molecule has 0 saturated heterocycles. The molecule has 1 fully saturated rings. The van der Waals surface area contributed by atoms with Gasteiger partial charge in [0.15, 0.2) is 0 Å². The van der Waals surface area contributed by atoms with Crippen molar-refractivity contribution in [2.75, 3.05) is 12.4 Å². The fourth-order valence-electron chi connectivity index (χ4n) is 2.32. The molecule has 0 radical (unpaired) electrons. The first kappa shape index (κ1) is 13.6. The third-order valence-corrected chi connectivity index (χ3v) is 3.98. The number of hydrogen-bond acceptors (Lipinski definition) is 3. The number of anilines is 1. The van der Waals surface area contributed by atoms with Crippen LogP contribution in [0.5, 0.6) is 0 Å². The number of carbonyl (C=O) groups excluding carboxylic acids is 2. The van der Waals surface area contributed by atoms with Gasteiger partial charge in [-0.1, -0.05) is 12.5 Å². The van der Waals surface area contributed by atoms with Crippen molar-refractivity contribution in [1.82, 2.24) is 0 Å². The van der Waals surface area contributed by atoms with Gasteiger partial charge in [0.2, 0.25) is 5.91 Å². The van der Waals surface area contributed by atoms with E-state index < -0.39 is 11.4 Å². The van der Waals surface area contributed by atoms with E-state index in [1.165, 1.54) is 12.7 Å². The molecule has 0 aliphatic heterocycles. The van der Waals surface area contributed by atoms with Crippen LogP contribution < -0.4 is 5.32 Å². The zero-order valence-corrected chi connectivity index (χ0v) is 11.6. The third kappa shape index (κ3) is 2.35. The van der Waals surface area contributed by atoms with Crippen LogP contribution in [-0.4, -0.2) is 19.0 Å². The molecule has 0 spiro atoms. The van der Waals surface area contributed by atoms with Gasteiger partial charge in [0.1, 0.15) is 5.41 Å². The molecule has 1 saturated carbocycles. The van der Waals surface area contributed by atoms with Gasteiger partial charge in [-0.05, 0) is 49.9 Å². The number of methoxy groups -OCH3 is 1. The summed E-state index contributed by atoms with van der Waals surface area (Å²) in [6, 6.07) is 5.72. The molecule has 0 heterocycles. The first-order valence-corrected chi connectivity index (χ1v) is 6.47. The zero-order valence-electron chi connectivity index (χ0n) is 11.6. The van der Waals surface area contributed by atoms with Crippen molar-refractivity contribution in [3.05, 3.63) is 29.3 Å². The number of nitrogens with one attached hydrogen (secondary N) is 1. The Morgan fingerprint density at radius 3 is 2.37 bits per heavy atom. The highest BCUT2D eigenvalue weighted by Gasteiger charge is 2.51. The van der Waals surface area contributed by atoms with E-state index in [9.17, 15) is 9.59 Å². The number of ether oxygens (including phenoxy) is 1. The van der Waals surface area contributed by atoms with Crippen LogP contribution in [-0.2, 0) is 14.3 Å². The Morgan fingerprint density at radius 1 is 1.21 bits per heavy atom. The Kier molecular flexibility index (Phi) is 3.60. The van der Waals surface area contributed by atoms with Crippen LogP contribution in [0.2, 0.25) is 0 Å². The van der Waals surface area contributed by atoms with Crippen LogP contribution >= 0.6 is 0 Å². The van der Waals surface area contributed by atoms with Gasteiger partial charge in [0.25, 0.3) is 0 Å². The lowest BCUT2D eigenvalue weighted by Gasteiger charge is -2.37. The highest BCUT2D eigenvalue weighted by molar-refractivity contribution is 6.09. The van der Waals surface area contributed by atoms with Crippen LogP contribution in [0.4, 0.5) is 5.69 Å². The Hall–Kier alpha value is -1.84. The normalized spacial score (nSPS) is 16.4. The summed E-state index contributed by atoms with van der Waals surface area (Å²) in [5.41, 5.74) is 2.03. The second-order valence-corrected chi connectivity index (χ2v) is 5.18. The summed E-state index contributed by atoms with van der Waals surface area (Å²) in [6.07, 6.45) is 2.02. The van der Waals surface area contributed by atoms with Crippen molar-refractivity contribution in [2.45, 2.75) is 33.1 Å². The maximum atomic E-state index is 12.3. The zero-order chi connectivity index (χ0) is 14.0. The smallest absolute Gasteiger partial charge is 0.321 e. The fraction of sp³-hybridized carbons (Fsp3) is 0.467. The number of hydrogen-bond donors (Lipinski definition) is 1. The molecule has 102 valence electrons. The van der Waals surface area contributed by atoms with Gasteiger partial charge < -0.3 is 10.1 Å². The second-order valence-electron chi connectivity index (χ2n) is 5.18. The minimum Gasteiger partial charge on any atom is -0.468 e. The van der Waals surface area contributed by atoms with Gasteiger partial charge in [-0.2, -0.15) is 0 Å². The number of esters is 1. The Labute approximate surface area is 113 Å². The van der Waals surface area contributed by atoms with Gasteiger partial charge in [0, 0.05) is 5.69 Å². The average Bonchev–Trinajstić information content (AvgIpc) is 2.32. The molecule has 0 aromatic heterocycles. The predicted octanol–water partition coefficient (Wildman–Crippen LogP) is 2.59. The Morgan fingerprint density at radius 2 is 1.89 bits per heavy atom. The summed E-state index contributed by atoms with van der Waals surface area (Å²) in [7, 11) is 1.33. The first-order valence-electron chi connectivity index (χ1n) is 6.47. The molecule has 1 amide bonds. The molecule has 4 heteroatoms. The topological polar surface area (TPSA) is 55.4 Å². The summed E-state index contributed by atoms with van der Waals surface area (Å²) in [5.74, 6) is -0.686. The molecule has 0 atom stereocenters. The van der Waals surface area contributed by atoms with Gasteiger partial charge in [-0.15, -0.1) is 0 Å². The Bertz CT molecular complexity index is 518. The van der Waals surface area contributed by atoms with Crippen molar-refractivity contribution in [2.24, 2.45) is 5.41 Å². The number of amides is 1. The SMILES string of the molecule is COC(=O)C1(C(=O)Nc2ccc(C)c(C)c2)CCC1. The highest BCUT2D eigenvalue weighted by Crippen LogP contribution is 2.43. The predicted molar refractivity (Wildman–Crippen MR) is 72.8 cm³/mol. The number of benzene rings is 1. The van der Waals surface area contributed by atoms with E-state index in [1.807, 2.05) is 32.0 Å².